The van der Waals surface area contributed by atoms with Gasteiger partial charge in [-0.15, -0.1) is 5.10 Å². The molecule has 0 saturated heterocycles. The molecule has 0 bridgehead atoms. The molecule has 7 nitrogen and oxygen atoms in total. The van der Waals surface area contributed by atoms with E-state index >= 15 is 0 Å². The number of para-hydroxylation sites is 2. The highest BCUT2D eigenvalue weighted by atomic mass is 16.5. The zero-order chi connectivity index (χ0) is 13.1. The summed E-state index contributed by atoms with van der Waals surface area (Å²) in [5.41, 5.74) is 0.0664. The number of H-pyrrole nitrogens is 1. The first kappa shape index (κ1) is 11.9. The van der Waals surface area contributed by atoms with Gasteiger partial charge in [0.1, 0.15) is 5.75 Å². The SMILES string of the molecule is COc1ccccc1NC(=O)c1nn(C)c(=O)[nH]1. The minimum atomic E-state index is -0.503. The number of aryl methyl sites for hydroxylation is 1. The van der Waals surface area contributed by atoms with Crippen LogP contribution in [0.5, 0.6) is 5.75 Å². The Morgan fingerprint density at radius 1 is 1.44 bits per heavy atom. The number of rotatable bonds is 3. The van der Waals surface area contributed by atoms with Crippen LogP contribution in [0.1, 0.15) is 10.6 Å². The van der Waals surface area contributed by atoms with E-state index in [0.717, 1.165) is 4.68 Å². The maximum Gasteiger partial charge on any atom is 0.343 e. The molecule has 0 aliphatic heterocycles. The van der Waals surface area contributed by atoms with Crippen LogP contribution in [0.3, 0.4) is 0 Å². The van der Waals surface area contributed by atoms with E-state index in [0.29, 0.717) is 11.4 Å². The van der Waals surface area contributed by atoms with Crippen molar-refractivity contribution in [1.82, 2.24) is 14.8 Å². The second kappa shape index (κ2) is 4.74. The number of benzene rings is 1. The number of hydrogen-bond donors (Lipinski definition) is 2. The summed E-state index contributed by atoms with van der Waals surface area (Å²) in [7, 11) is 2.96. The summed E-state index contributed by atoms with van der Waals surface area (Å²) in [5, 5.41) is 6.37. The molecule has 7 heteroatoms. The molecule has 1 heterocycles. The Kier molecular flexibility index (Phi) is 3.13. The Morgan fingerprint density at radius 2 is 2.17 bits per heavy atom. The van der Waals surface area contributed by atoms with Crippen LogP contribution in [-0.4, -0.2) is 27.8 Å². The molecule has 94 valence electrons. The lowest BCUT2D eigenvalue weighted by Gasteiger charge is -2.07. The topological polar surface area (TPSA) is 89.0 Å². The second-order valence-electron chi connectivity index (χ2n) is 3.56. The minimum absolute atomic E-state index is 0.0478. The van der Waals surface area contributed by atoms with Crippen LogP contribution >= 0.6 is 0 Å². The van der Waals surface area contributed by atoms with Gasteiger partial charge in [-0.05, 0) is 12.1 Å². The van der Waals surface area contributed by atoms with Crippen LogP contribution in [0, 0.1) is 0 Å². The normalized spacial score (nSPS) is 10.1. The largest absolute Gasteiger partial charge is 0.495 e. The molecular weight excluding hydrogens is 236 g/mol. The van der Waals surface area contributed by atoms with Crippen molar-refractivity contribution in [2.75, 3.05) is 12.4 Å². The van der Waals surface area contributed by atoms with Crippen molar-refractivity contribution in [1.29, 1.82) is 0 Å². The maximum atomic E-state index is 11.8. The average Bonchev–Trinajstić information content (AvgIpc) is 2.70. The van der Waals surface area contributed by atoms with E-state index in [1.165, 1.54) is 14.2 Å². The van der Waals surface area contributed by atoms with Crippen molar-refractivity contribution in [3.8, 4) is 5.75 Å². The summed E-state index contributed by atoms with van der Waals surface area (Å²) in [6.07, 6.45) is 0. The van der Waals surface area contributed by atoms with Gasteiger partial charge in [-0.25, -0.2) is 9.48 Å². The van der Waals surface area contributed by atoms with Crippen LogP contribution < -0.4 is 15.7 Å². The van der Waals surface area contributed by atoms with Gasteiger partial charge < -0.3 is 10.1 Å². The Hall–Kier alpha value is -2.57. The van der Waals surface area contributed by atoms with E-state index in [2.05, 4.69) is 15.4 Å². The van der Waals surface area contributed by atoms with E-state index in [1.807, 2.05) is 0 Å². The molecule has 0 unspecified atom stereocenters. The van der Waals surface area contributed by atoms with Gasteiger partial charge in [0.25, 0.3) is 5.91 Å². The van der Waals surface area contributed by atoms with Gasteiger partial charge in [-0.2, -0.15) is 0 Å². The highest BCUT2D eigenvalue weighted by molar-refractivity contribution is 6.02. The quantitative estimate of drug-likeness (QED) is 0.821. The molecule has 1 amide bonds. The van der Waals surface area contributed by atoms with E-state index in [-0.39, 0.29) is 5.82 Å². The van der Waals surface area contributed by atoms with Gasteiger partial charge in [-0.3, -0.25) is 9.78 Å². The Labute approximate surface area is 102 Å². The summed E-state index contributed by atoms with van der Waals surface area (Å²) in [5.74, 6) is -0.0188. The molecule has 18 heavy (non-hydrogen) atoms. The average molecular weight is 248 g/mol. The number of carbonyl (C=O) groups is 1. The van der Waals surface area contributed by atoms with E-state index in [4.69, 9.17) is 4.74 Å². The number of nitrogens with one attached hydrogen (secondary N) is 2. The molecule has 0 spiro atoms. The van der Waals surface area contributed by atoms with Gasteiger partial charge in [0.15, 0.2) is 0 Å². The first-order valence-electron chi connectivity index (χ1n) is 5.19. The van der Waals surface area contributed by atoms with Crippen molar-refractivity contribution in [2.45, 2.75) is 0 Å². The number of nitrogens with zero attached hydrogens (tertiary/aromatic N) is 2. The molecule has 0 aliphatic rings. The molecule has 2 aromatic rings. The van der Waals surface area contributed by atoms with Crippen molar-refractivity contribution >= 4 is 11.6 Å². The zero-order valence-electron chi connectivity index (χ0n) is 9.93. The molecule has 0 fully saturated rings. The summed E-state index contributed by atoms with van der Waals surface area (Å²) < 4.78 is 6.15. The molecule has 0 aliphatic carbocycles. The summed E-state index contributed by atoms with van der Waals surface area (Å²) >= 11 is 0. The Morgan fingerprint density at radius 3 is 2.78 bits per heavy atom. The third-order valence-electron chi connectivity index (χ3n) is 2.34. The van der Waals surface area contributed by atoms with Gasteiger partial charge in [0.05, 0.1) is 12.8 Å². The highest BCUT2D eigenvalue weighted by Crippen LogP contribution is 2.23. The van der Waals surface area contributed by atoms with Gasteiger partial charge >= 0.3 is 5.69 Å². The molecule has 1 aromatic carbocycles. The van der Waals surface area contributed by atoms with Crippen molar-refractivity contribution in [2.24, 2.45) is 7.05 Å². The van der Waals surface area contributed by atoms with Crippen LogP contribution in [0.2, 0.25) is 0 Å². The molecule has 0 radical (unpaired) electrons. The predicted octanol–water partition coefficient (Wildman–Crippen LogP) is 0.369. The van der Waals surface area contributed by atoms with Crippen LogP contribution in [0.4, 0.5) is 5.69 Å². The highest BCUT2D eigenvalue weighted by Gasteiger charge is 2.13. The number of aromatic nitrogens is 3. The fraction of sp³-hybridized carbons (Fsp3) is 0.182. The molecular formula is C11H12N4O3. The standard InChI is InChI=1S/C11H12N4O3/c1-15-11(17)13-9(14-15)10(16)12-7-5-3-4-6-8(7)18-2/h3-6H,1-2H3,(H,12,16)(H,13,14,17). The van der Waals surface area contributed by atoms with Crippen LogP contribution in [0.25, 0.3) is 0 Å². The van der Waals surface area contributed by atoms with E-state index < -0.39 is 11.6 Å². The lowest BCUT2D eigenvalue weighted by molar-refractivity contribution is 0.101. The zero-order valence-corrected chi connectivity index (χ0v) is 9.93. The van der Waals surface area contributed by atoms with Crippen molar-refractivity contribution < 1.29 is 9.53 Å². The first-order chi connectivity index (χ1) is 8.61. The summed E-state index contributed by atoms with van der Waals surface area (Å²) in [6, 6.07) is 6.96. The van der Waals surface area contributed by atoms with E-state index in [9.17, 15) is 9.59 Å². The summed E-state index contributed by atoms with van der Waals surface area (Å²) in [4.78, 5) is 25.3. The molecule has 0 atom stereocenters. The molecule has 1 aromatic heterocycles. The van der Waals surface area contributed by atoms with Crippen molar-refractivity contribution in [3.05, 3.63) is 40.6 Å². The molecule has 2 rings (SSSR count). The smallest absolute Gasteiger partial charge is 0.343 e. The monoisotopic (exact) mass is 248 g/mol. The van der Waals surface area contributed by atoms with Gasteiger partial charge in [-0.1, -0.05) is 12.1 Å². The Balaban J connectivity index is 2.24. The third kappa shape index (κ3) is 2.24. The van der Waals surface area contributed by atoms with Crippen LogP contribution in [0.15, 0.2) is 29.1 Å². The number of ether oxygens (including phenoxy) is 1. The minimum Gasteiger partial charge on any atom is -0.495 e. The van der Waals surface area contributed by atoms with Crippen molar-refractivity contribution in [3.63, 3.8) is 0 Å². The number of anilines is 1. The van der Waals surface area contributed by atoms with Crippen LogP contribution in [-0.2, 0) is 7.05 Å². The Bertz CT molecular complexity index is 629. The third-order valence-corrected chi connectivity index (χ3v) is 2.34. The van der Waals surface area contributed by atoms with Gasteiger partial charge in [0.2, 0.25) is 5.82 Å². The number of methoxy groups -OCH3 is 1. The lowest BCUT2D eigenvalue weighted by atomic mass is 10.3. The lowest BCUT2D eigenvalue weighted by Crippen LogP contribution is -2.15. The number of amides is 1. The second-order valence-corrected chi connectivity index (χ2v) is 3.56. The molecule has 2 N–H and O–H groups in total. The number of aromatic amines is 1. The molecule has 0 saturated carbocycles. The predicted molar refractivity (Wildman–Crippen MR) is 64.8 cm³/mol. The fourth-order valence-electron chi connectivity index (χ4n) is 1.43. The van der Waals surface area contributed by atoms with E-state index in [1.54, 1.807) is 24.3 Å². The fourth-order valence-corrected chi connectivity index (χ4v) is 1.43. The first-order valence-corrected chi connectivity index (χ1v) is 5.19. The maximum absolute atomic E-state index is 11.8. The summed E-state index contributed by atoms with van der Waals surface area (Å²) in [6.45, 7) is 0. The number of carbonyl (C=O) groups excluding carboxylic acids is 1. The van der Waals surface area contributed by atoms with Gasteiger partial charge in [0, 0.05) is 7.05 Å². The number of hydrogen-bond acceptors (Lipinski definition) is 4.